The zero-order valence-corrected chi connectivity index (χ0v) is 10.7. The Hall–Kier alpha value is -0.690. The lowest BCUT2D eigenvalue weighted by molar-refractivity contribution is -0.142. The molecule has 1 N–H and O–H groups in total. The molecule has 0 spiro atoms. The fourth-order valence-corrected chi connectivity index (χ4v) is 2.79. The Labute approximate surface area is 108 Å². The van der Waals surface area contributed by atoms with Crippen LogP contribution in [0.15, 0.2) is 6.20 Å². The maximum Gasteiger partial charge on any atom is 0.306 e. The van der Waals surface area contributed by atoms with E-state index in [1.165, 1.54) is 11.3 Å². The molecule has 1 aliphatic rings. The number of nitrogens with zero attached hydrogens (tertiary/aromatic N) is 2. The largest absolute Gasteiger partial charge is 0.481 e. The SMILES string of the molecule is O=C(O)CC1CN(Cc2ncc(Cl)s2)CCO1. The molecule has 1 aliphatic heterocycles. The molecule has 0 aliphatic carbocycles. The van der Waals surface area contributed by atoms with Crippen LogP contribution >= 0.6 is 22.9 Å². The van der Waals surface area contributed by atoms with Crippen LogP contribution < -0.4 is 0 Å². The summed E-state index contributed by atoms with van der Waals surface area (Å²) < 4.78 is 6.07. The van der Waals surface area contributed by atoms with Gasteiger partial charge in [0, 0.05) is 13.1 Å². The van der Waals surface area contributed by atoms with Gasteiger partial charge in [-0.05, 0) is 0 Å². The van der Waals surface area contributed by atoms with Crippen LogP contribution in [-0.2, 0) is 16.1 Å². The van der Waals surface area contributed by atoms with Crippen LogP contribution in [0.5, 0.6) is 0 Å². The van der Waals surface area contributed by atoms with Crippen molar-refractivity contribution in [3.05, 3.63) is 15.5 Å². The van der Waals surface area contributed by atoms with E-state index in [1.54, 1.807) is 6.20 Å². The maximum absolute atomic E-state index is 10.6. The third-order valence-electron chi connectivity index (χ3n) is 2.51. The second-order valence-corrected chi connectivity index (χ2v) is 5.63. The van der Waals surface area contributed by atoms with E-state index in [2.05, 4.69) is 9.88 Å². The Balaban J connectivity index is 1.87. The third kappa shape index (κ3) is 3.92. The Morgan fingerprint density at radius 2 is 2.59 bits per heavy atom. The zero-order valence-electron chi connectivity index (χ0n) is 9.13. The zero-order chi connectivity index (χ0) is 12.3. The van der Waals surface area contributed by atoms with Crippen LogP contribution in [0, 0.1) is 0 Å². The van der Waals surface area contributed by atoms with Gasteiger partial charge in [-0.3, -0.25) is 9.69 Å². The molecule has 1 unspecified atom stereocenters. The molecular formula is C10H13ClN2O3S. The molecule has 0 amide bonds. The van der Waals surface area contributed by atoms with E-state index in [-0.39, 0.29) is 12.5 Å². The summed E-state index contributed by atoms with van der Waals surface area (Å²) in [6.07, 6.45) is 1.46. The fraction of sp³-hybridized carbons (Fsp3) is 0.600. The number of aromatic nitrogens is 1. The molecule has 1 aromatic heterocycles. The molecule has 5 nitrogen and oxygen atoms in total. The van der Waals surface area contributed by atoms with Crippen molar-refractivity contribution < 1.29 is 14.6 Å². The van der Waals surface area contributed by atoms with Crippen molar-refractivity contribution in [2.24, 2.45) is 0 Å². The molecule has 2 heterocycles. The van der Waals surface area contributed by atoms with E-state index in [9.17, 15) is 4.79 Å². The molecule has 1 saturated heterocycles. The highest BCUT2D eigenvalue weighted by atomic mass is 35.5. The van der Waals surface area contributed by atoms with Gasteiger partial charge in [0.05, 0.1) is 31.9 Å². The number of rotatable bonds is 4. The number of aliphatic carboxylic acids is 1. The van der Waals surface area contributed by atoms with Crippen LogP contribution in [0.1, 0.15) is 11.4 Å². The first-order chi connectivity index (χ1) is 8.13. The van der Waals surface area contributed by atoms with Gasteiger partial charge in [-0.2, -0.15) is 0 Å². The Morgan fingerprint density at radius 3 is 3.24 bits per heavy atom. The summed E-state index contributed by atoms with van der Waals surface area (Å²) in [5, 5.41) is 9.67. The van der Waals surface area contributed by atoms with E-state index in [1.807, 2.05) is 0 Å². The van der Waals surface area contributed by atoms with E-state index >= 15 is 0 Å². The highest BCUT2D eigenvalue weighted by Gasteiger charge is 2.23. The van der Waals surface area contributed by atoms with Gasteiger partial charge in [0.15, 0.2) is 0 Å². The Bertz CT molecular complexity index is 399. The third-order valence-corrected chi connectivity index (χ3v) is 3.61. The summed E-state index contributed by atoms with van der Waals surface area (Å²) in [4.78, 5) is 16.9. The maximum atomic E-state index is 10.6. The lowest BCUT2D eigenvalue weighted by atomic mass is 10.2. The molecular weight excluding hydrogens is 264 g/mol. The van der Waals surface area contributed by atoms with Crippen molar-refractivity contribution in [1.82, 2.24) is 9.88 Å². The Morgan fingerprint density at radius 1 is 1.76 bits per heavy atom. The number of ether oxygens (including phenoxy) is 1. The number of carbonyl (C=O) groups is 1. The number of hydrogen-bond donors (Lipinski definition) is 1. The van der Waals surface area contributed by atoms with E-state index in [4.69, 9.17) is 21.4 Å². The van der Waals surface area contributed by atoms with Crippen LogP contribution in [-0.4, -0.2) is 46.8 Å². The van der Waals surface area contributed by atoms with Crippen LogP contribution in [0.3, 0.4) is 0 Å². The summed E-state index contributed by atoms with van der Waals surface area (Å²) in [5.74, 6) is -0.825. The molecule has 0 radical (unpaired) electrons. The quantitative estimate of drug-likeness (QED) is 0.902. The number of carboxylic acids is 1. The monoisotopic (exact) mass is 276 g/mol. The van der Waals surface area contributed by atoms with Crippen LogP contribution in [0.2, 0.25) is 4.34 Å². The summed E-state index contributed by atoms with van der Waals surface area (Å²) in [5.41, 5.74) is 0. The summed E-state index contributed by atoms with van der Waals surface area (Å²) in [6.45, 7) is 2.70. The first kappa shape index (κ1) is 12.8. The average molecular weight is 277 g/mol. The molecule has 2 rings (SSSR count). The van der Waals surface area contributed by atoms with Crippen molar-refractivity contribution in [1.29, 1.82) is 0 Å². The predicted molar refractivity (Wildman–Crippen MR) is 64.4 cm³/mol. The highest BCUT2D eigenvalue weighted by molar-refractivity contribution is 7.15. The molecule has 7 heteroatoms. The molecule has 1 aromatic rings. The van der Waals surface area contributed by atoms with Crippen LogP contribution in [0.25, 0.3) is 0 Å². The molecule has 0 bridgehead atoms. The smallest absolute Gasteiger partial charge is 0.306 e. The summed E-state index contributed by atoms with van der Waals surface area (Å²) in [6, 6.07) is 0. The first-order valence-corrected chi connectivity index (χ1v) is 6.49. The number of halogens is 1. The molecule has 1 fully saturated rings. The van der Waals surface area contributed by atoms with Gasteiger partial charge in [0.1, 0.15) is 9.34 Å². The lowest BCUT2D eigenvalue weighted by Crippen LogP contribution is -2.42. The standard InChI is InChI=1S/C10H13ClN2O3S/c11-8-4-12-9(17-8)6-13-1-2-16-7(5-13)3-10(14)15/h4,7H,1-3,5-6H2,(H,14,15). The average Bonchev–Trinajstić information content (AvgIpc) is 2.63. The van der Waals surface area contributed by atoms with Gasteiger partial charge in [-0.1, -0.05) is 11.6 Å². The van der Waals surface area contributed by atoms with Crippen LogP contribution in [0.4, 0.5) is 0 Å². The predicted octanol–water partition coefficient (Wildman–Crippen LogP) is 1.47. The molecule has 1 atom stereocenters. The first-order valence-electron chi connectivity index (χ1n) is 5.29. The fourth-order valence-electron chi connectivity index (χ4n) is 1.79. The van der Waals surface area contributed by atoms with Gasteiger partial charge in [-0.25, -0.2) is 4.98 Å². The van der Waals surface area contributed by atoms with Crippen molar-refractivity contribution in [2.45, 2.75) is 19.1 Å². The minimum absolute atomic E-state index is 0.0507. The van der Waals surface area contributed by atoms with E-state index < -0.39 is 5.97 Å². The minimum atomic E-state index is -0.825. The molecule has 0 saturated carbocycles. The van der Waals surface area contributed by atoms with Gasteiger partial charge < -0.3 is 9.84 Å². The molecule has 17 heavy (non-hydrogen) atoms. The van der Waals surface area contributed by atoms with Gasteiger partial charge in [-0.15, -0.1) is 11.3 Å². The second kappa shape index (κ2) is 5.77. The normalized spacial score (nSPS) is 21.6. The number of thiazole rings is 1. The van der Waals surface area contributed by atoms with Crippen molar-refractivity contribution in [3.8, 4) is 0 Å². The molecule has 0 aromatic carbocycles. The Kier molecular flexibility index (Phi) is 4.33. The van der Waals surface area contributed by atoms with E-state index in [0.29, 0.717) is 24.0 Å². The van der Waals surface area contributed by atoms with Crippen molar-refractivity contribution in [2.75, 3.05) is 19.7 Å². The highest BCUT2D eigenvalue weighted by Crippen LogP contribution is 2.20. The van der Waals surface area contributed by atoms with E-state index in [0.717, 1.165) is 11.6 Å². The number of morpholine rings is 1. The minimum Gasteiger partial charge on any atom is -0.481 e. The number of hydrogen-bond acceptors (Lipinski definition) is 5. The lowest BCUT2D eigenvalue weighted by Gasteiger charge is -2.31. The topological polar surface area (TPSA) is 62.7 Å². The summed E-state index contributed by atoms with van der Waals surface area (Å²) >= 11 is 7.26. The van der Waals surface area contributed by atoms with Gasteiger partial charge in [0.2, 0.25) is 0 Å². The second-order valence-electron chi connectivity index (χ2n) is 3.88. The summed E-state index contributed by atoms with van der Waals surface area (Å²) in [7, 11) is 0. The van der Waals surface area contributed by atoms with Gasteiger partial charge in [0.25, 0.3) is 0 Å². The van der Waals surface area contributed by atoms with Gasteiger partial charge >= 0.3 is 5.97 Å². The van der Waals surface area contributed by atoms with Crippen molar-refractivity contribution in [3.63, 3.8) is 0 Å². The molecule has 94 valence electrons. The number of carboxylic acid groups (broad SMARTS) is 1. The van der Waals surface area contributed by atoms with Crippen molar-refractivity contribution >= 4 is 28.9 Å².